The molecular formula is C23H27N5O4S. The van der Waals surface area contributed by atoms with Gasteiger partial charge in [0.1, 0.15) is 0 Å². The van der Waals surface area contributed by atoms with Crippen LogP contribution in [-0.2, 0) is 27.9 Å². The number of anilines is 1. The Morgan fingerprint density at radius 2 is 1.82 bits per heavy atom. The van der Waals surface area contributed by atoms with Crippen molar-refractivity contribution in [3.05, 3.63) is 65.2 Å². The highest BCUT2D eigenvalue weighted by molar-refractivity contribution is 7.99. The highest BCUT2D eigenvalue weighted by Crippen LogP contribution is 2.42. The van der Waals surface area contributed by atoms with Gasteiger partial charge < -0.3 is 19.9 Å². The molecular weight excluding hydrogens is 442 g/mol. The third-order valence-corrected chi connectivity index (χ3v) is 6.68. The average Bonchev–Trinajstić information content (AvgIpc) is 3.23. The Bertz CT molecular complexity index is 1070. The smallest absolute Gasteiger partial charge is 0.221 e. The number of ether oxygens (including phenoxy) is 2. The van der Waals surface area contributed by atoms with Crippen LogP contribution in [-0.4, -0.2) is 43.1 Å². The summed E-state index contributed by atoms with van der Waals surface area (Å²) in [5.41, 5.74) is 3.46. The number of hydrogen-bond donors (Lipinski definition) is 2. The van der Waals surface area contributed by atoms with Gasteiger partial charge in [0.2, 0.25) is 11.1 Å². The number of carbonyl (C=O) groups is 1. The lowest BCUT2D eigenvalue weighted by atomic mass is 9.91. The standard InChI is InChI=1S/C23H27N5O4S/c1-14-20(13-33-23-25-26-27-28(23)3)31-22(18-8-10-19(11-9-18)24-15(2)30)32-21(14)17-6-4-16(12-29)5-7-17/h4-11,14,20-22,29H,12-13H2,1-3H3,(H,24,30)/t14-,20+,21+,22+/m0/s1. The molecule has 1 aliphatic rings. The SMILES string of the molecule is CC(=O)Nc1ccc([C@@H]2O[C@H](CSc3nnnn3C)[C@H](C)[C@H](c3ccc(CO)cc3)O2)cc1. The highest BCUT2D eigenvalue weighted by Gasteiger charge is 2.38. The van der Waals surface area contributed by atoms with E-state index >= 15 is 0 Å². The zero-order chi connectivity index (χ0) is 23.4. The van der Waals surface area contributed by atoms with Crippen molar-refractivity contribution in [1.82, 2.24) is 20.2 Å². The Hall–Kier alpha value is -2.79. The van der Waals surface area contributed by atoms with E-state index in [1.807, 2.05) is 55.6 Å². The highest BCUT2D eigenvalue weighted by atomic mass is 32.2. The van der Waals surface area contributed by atoms with Gasteiger partial charge >= 0.3 is 0 Å². The largest absolute Gasteiger partial charge is 0.392 e. The third-order valence-electron chi connectivity index (χ3n) is 5.58. The second kappa shape index (κ2) is 10.4. The molecule has 1 saturated heterocycles. The summed E-state index contributed by atoms with van der Waals surface area (Å²) < 4.78 is 14.5. The normalized spacial score (nSPS) is 22.8. The van der Waals surface area contributed by atoms with E-state index in [1.54, 1.807) is 4.68 Å². The molecule has 33 heavy (non-hydrogen) atoms. The zero-order valence-electron chi connectivity index (χ0n) is 18.7. The van der Waals surface area contributed by atoms with Gasteiger partial charge in [0.15, 0.2) is 6.29 Å². The van der Waals surface area contributed by atoms with Gasteiger partial charge in [0.05, 0.1) is 18.8 Å². The molecule has 4 rings (SSSR count). The molecule has 10 heteroatoms. The maximum Gasteiger partial charge on any atom is 0.221 e. The number of amides is 1. The molecule has 0 saturated carbocycles. The van der Waals surface area contributed by atoms with Crippen LogP contribution in [0.4, 0.5) is 5.69 Å². The van der Waals surface area contributed by atoms with Crippen LogP contribution in [0.15, 0.2) is 53.7 Å². The van der Waals surface area contributed by atoms with Crippen molar-refractivity contribution >= 4 is 23.4 Å². The van der Waals surface area contributed by atoms with Gasteiger partial charge in [0.25, 0.3) is 0 Å². The van der Waals surface area contributed by atoms with Crippen LogP contribution in [0.1, 0.15) is 42.9 Å². The number of aliphatic hydroxyl groups is 1. The van der Waals surface area contributed by atoms with E-state index in [1.165, 1.54) is 18.7 Å². The minimum absolute atomic E-state index is 0.00125. The van der Waals surface area contributed by atoms with Crippen LogP contribution in [0.25, 0.3) is 0 Å². The molecule has 1 aromatic heterocycles. The van der Waals surface area contributed by atoms with Gasteiger partial charge in [0, 0.05) is 36.9 Å². The number of aromatic nitrogens is 4. The Labute approximate surface area is 196 Å². The van der Waals surface area contributed by atoms with Gasteiger partial charge in [-0.1, -0.05) is 55.1 Å². The second-order valence-electron chi connectivity index (χ2n) is 8.02. The zero-order valence-corrected chi connectivity index (χ0v) is 19.5. The number of aryl methyl sites for hydroxylation is 1. The number of nitrogens with one attached hydrogen (secondary N) is 1. The maximum absolute atomic E-state index is 11.3. The fraction of sp³-hybridized carbons (Fsp3) is 0.391. The summed E-state index contributed by atoms with van der Waals surface area (Å²) in [6.45, 7) is 3.59. The van der Waals surface area contributed by atoms with Crippen molar-refractivity contribution in [2.45, 2.75) is 44.1 Å². The third kappa shape index (κ3) is 5.59. The number of thioether (sulfide) groups is 1. The fourth-order valence-electron chi connectivity index (χ4n) is 3.74. The first-order valence-corrected chi connectivity index (χ1v) is 11.7. The Balaban J connectivity index is 1.57. The quantitative estimate of drug-likeness (QED) is 0.507. The molecule has 1 amide bonds. The van der Waals surface area contributed by atoms with E-state index in [2.05, 4.69) is 27.8 Å². The molecule has 1 aliphatic heterocycles. The summed E-state index contributed by atoms with van der Waals surface area (Å²) in [6, 6.07) is 15.3. The number of nitrogens with zero attached hydrogens (tertiary/aromatic N) is 4. The molecule has 0 radical (unpaired) electrons. The van der Waals surface area contributed by atoms with Crippen LogP contribution >= 0.6 is 11.8 Å². The maximum atomic E-state index is 11.3. The molecule has 3 aromatic rings. The molecule has 9 nitrogen and oxygen atoms in total. The van der Waals surface area contributed by atoms with Crippen LogP contribution in [0.5, 0.6) is 0 Å². The van der Waals surface area contributed by atoms with Crippen LogP contribution < -0.4 is 5.32 Å². The molecule has 2 heterocycles. The Kier molecular flexibility index (Phi) is 7.39. The van der Waals surface area contributed by atoms with Gasteiger partial charge in [-0.25, -0.2) is 4.68 Å². The van der Waals surface area contributed by atoms with Gasteiger partial charge in [-0.2, -0.15) is 0 Å². The first-order valence-electron chi connectivity index (χ1n) is 10.7. The van der Waals surface area contributed by atoms with E-state index in [4.69, 9.17) is 9.47 Å². The van der Waals surface area contributed by atoms with Crippen LogP contribution in [0.2, 0.25) is 0 Å². The predicted molar refractivity (Wildman–Crippen MR) is 123 cm³/mol. The molecule has 2 N–H and O–H groups in total. The monoisotopic (exact) mass is 469 g/mol. The molecule has 1 fully saturated rings. The molecule has 0 spiro atoms. The van der Waals surface area contributed by atoms with Gasteiger partial charge in [-0.15, -0.1) is 5.10 Å². The lowest BCUT2D eigenvalue weighted by Crippen LogP contribution is -2.38. The molecule has 4 atom stereocenters. The van der Waals surface area contributed by atoms with E-state index in [-0.39, 0.29) is 30.6 Å². The summed E-state index contributed by atoms with van der Waals surface area (Å²) in [5, 5.41) is 24.5. The average molecular weight is 470 g/mol. The first kappa shape index (κ1) is 23.4. The van der Waals surface area contributed by atoms with Crippen molar-refractivity contribution in [3.63, 3.8) is 0 Å². The number of hydrogen-bond acceptors (Lipinski definition) is 8. The topological polar surface area (TPSA) is 111 Å². The van der Waals surface area contributed by atoms with Crippen LogP contribution in [0, 0.1) is 5.92 Å². The minimum atomic E-state index is -0.571. The van der Waals surface area contributed by atoms with Crippen molar-refractivity contribution in [2.24, 2.45) is 13.0 Å². The molecule has 2 aromatic carbocycles. The Morgan fingerprint density at radius 3 is 2.42 bits per heavy atom. The lowest BCUT2D eigenvalue weighted by Gasteiger charge is -2.41. The number of aliphatic hydroxyl groups excluding tert-OH is 1. The Morgan fingerprint density at radius 1 is 1.12 bits per heavy atom. The fourth-order valence-corrected chi connectivity index (χ4v) is 4.75. The minimum Gasteiger partial charge on any atom is -0.392 e. The van der Waals surface area contributed by atoms with Gasteiger partial charge in [-0.3, -0.25) is 4.79 Å². The van der Waals surface area contributed by atoms with Crippen molar-refractivity contribution in [1.29, 1.82) is 0 Å². The summed E-state index contributed by atoms with van der Waals surface area (Å²) in [5.74, 6) is 0.599. The molecule has 0 aliphatic carbocycles. The van der Waals surface area contributed by atoms with Gasteiger partial charge in [-0.05, 0) is 33.7 Å². The molecule has 0 unspecified atom stereocenters. The number of carbonyl (C=O) groups excluding carboxylic acids is 1. The number of benzene rings is 2. The first-order chi connectivity index (χ1) is 15.9. The van der Waals surface area contributed by atoms with E-state index in [9.17, 15) is 9.90 Å². The summed E-state index contributed by atoms with van der Waals surface area (Å²) >= 11 is 1.54. The number of rotatable bonds is 7. The van der Waals surface area contributed by atoms with E-state index < -0.39 is 6.29 Å². The number of tetrazole rings is 1. The molecule has 0 bridgehead atoms. The van der Waals surface area contributed by atoms with Crippen LogP contribution in [0.3, 0.4) is 0 Å². The summed E-state index contributed by atoms with van der Waals surface area (Å²) in [6.07, 6.45) is -0.893. The second-order valence-corrected chi connectivity index (χ2v) is 9.01. The van der Waals surface area contributed by atoms with Crippen molar-refractivity contribution in [2.75, 3.05) is 11.1 Å². The predicted octanol–water partition coefficient (Wildman–Crippen LogP) is 3.24. The van der Waals surface area contributed by atoms with Crippen molar-refractivity contribution in [3.8, 4) is 0 Å². The summed E-state index contributed by atoms with van der Waals surface area (Å²) in [4.78, 5) is 11.3. The lowest BCUT2D eigenvalue weighted by molar-refractivity contribution is -0.268. The van der Waals surface area contributed by atoms with Crippen molar-refractivity contribution < 1.29 is 19.4 Å². The summed E-state index contributed by atoms with van der Waals surface area (Å²) in [7, 11) is 1.81. The van der Waals surface area contributed by atoms with E-state index in [0.717, 1.165) is 21.8 Å². The van der Waals surface area contributed by atoms with E-state index in [0.29, 0.717) is 11.4 Å². The molecule has 174 valence electrons.